The molecule has 8 nitrogen and oxygen atoms in total. The third-order valence-electron chi connectivity index (χ3n) is 7.60. The molecule has 2 heterocycles. The highest BCUT2D eigenvalue weighted by Gasteiger charge is 2.35. The molecule has 0 radical (unpaired) electrons. The minimum atomic E-state index is -4.61. The maximum absolute atomic E-state index is 13.7. The Morgan fingerprint density at radius 2 is 1.80 bits per heavy atom. The molecule has 0 aliphatic carbocycles. The highest BCUT2D eigenvalue weighted by molar-refractivity contribution is 5.95. The number of carbonyl (C=O) groups excluding carboxylic acids is 1. The molecule has 0 unspecified atom stereocenters. The lowest BCUT2D eigenvalue weighted by Gasteiger charge is -2.43. The first-order chi connectivity index (χ1) is 19.1. The van der Waals surface area contributed by atoms with Crippen LogP contribution < -0.4 is 4.74 Å². The second kappa shape index (κ2) is 13.2. The van der Waals surface area contributed by atoms with Crippen molar-refractivity contribution in [3.63, 3.8) is 0 Å². The van der Waals surface area contributed by atoms with E-state index < -0.39 is 17.6 Å². The van der Waals surface area contributed by atoms with E-state index in [1.807, 2.05) is 12.1 Å². The second-order valence-corrected chi connectivity index (χ2v) is 10.5. The molecular weight excluding hydrogens is 527 g/mol. The van der Waals surface area contributed by atoms with Crippen LogP contribution >= 0.6 is 0 Å². The predicted molar refractivity (Wildman–Crippen MR) is 144 cm³/mol. The van der Waals surface area contributed by atoms with Crippen molar-refractivity contribution in [3.05, 3.63) is 58.7 Å². The van der Waals surface area contributed by atoms with E-state index in [2.05, 4.69) is 9.80 Å². The number of hydrogen-bond acceptors (Lipinski definition) is 7. The van der Waals surface area contributed by atoms with Gasteiger partial charge in [-0.25, -0.2) is 0 Å². The van der Waals surface area contributed by atoms with Crippen LogP contribution in [0, 0.1) is 6.92 Å². The normalized spacial score (nSPS) is 21.0. The molecular formula is C29H38F3N3O5. The summed E-state index contributed by atoms with van der Waals surface area (Å²) in [5, 5.41) is 10.3. The van der Waals surface area contributed by atoms with E-state index in [-0.39, 0.29) is 29.2 Å². The number of rotatable bonds is 9. The van der Waals surface area contributed by atoms with Crippen LogP contribution in [0.1, 0.15) is 27.0 Å². The highest BCUT2D eigenvalue weighted by Crippen LogP contribution is 2.33. The maximum Gasteiger partial charge on any atom is 0.416 e. The number of hydrogen-bond donors (Lipinski definition) is 1. The van der Waals surface area contributed by atoms with Gasteiger partial charge in [-0.3, -0.25) is 14.6 Å². The molecule has 0 aromatic heterocycles. The molecule has 0 bridgehead atoms. The topological polar surface area (TPSA) is 74.7 Å². The Morgan fingerprint density at radius 1 is 1.05 bits per heavy atom. The second-order valence-electron chi connectivity index (χ2n) is 10.5. The molecule has 0 spiro atoms. The summed E-state index contributed by atoms with van der Waals surface area (Å²) in [5.41, 5.74) is 0.612. The average molecular weight is 566 g/mol. The summed E-state index contributed by atoms with van der Waals surface area (Å²) in [6, 6.07) is 8.26. The molecule has 1 N–H and O–H groups in total. The van der Waals surface area contributed by atoms with E-state index in [9.17, 15) is 23.1 Å². The van der Waals surface area contributed by atoms with Crippen LogP contribution in [0.3, 0.4) is 0 Å². The predicted octanol–water partition coefficient (Wildman–Crippen LogP) is 3.44. The molecule has 2 atom stereocenters. The standard InChI is InChI=1S/C29H38F3N3O5/c1-20-4-5-21(13-27(20)36)12-24-17-33(6-7-34-10-11-40-26(18-34)19-38-2)8-9-35(24)28(37)22-14-23(29(30,31)32)16-25(15-22)39-3/h4-5,13-16,24,26,36H,6-12,17-19H2,1-3H3/t24-,26+/m1/s1. The van der Waals surface area contributed by atoms with Gasteiger partial charge in [-0.15, -0.1) is 0 Å². The monoisotopic (exact) mass is 565 g/mol. The third-order valence-corrected chi connectivity index (χ3v) is 7.60. The Balaban J connectivity index is 1.52. The molecule has 0 saturated carbocycles. The minimum absolute atomic E-state index is 0.0193. The number of alkyl halides is 3. The lowest BCUT2D eigenvalue weighted by Crippen LogP contribution is -2.57. The lowest BCUT2D eigenvalue weighted by atomic mass is 9.99. The van der Waals surface area contributed by atoms with Crippen molar-refractivity contribution >= 4 is 5.91 Å². The van der Waals surface area contributed by atoms with Gasteiger partial charge in [0.15, 0.2) is 0 Å². The van der Waals surface area contributed by atoms with Crippen LogP contribution in [0.25, 0.3) is 0 Å². The molecule has 1 amide bonds. The van der Waals surface area contributed by atoms with E-state index in [1.54, 1.807) is 25.0 Å². The fraction of sp³-hybridized carbons (Fsp3) is 0.552. The number of phenolic OH excluding ortho intramolecular Hbond substituents is 1. The molecule has 2 fully saturated rings. The fourth-order valence-electron chi connectivity index (χ4n) is 5.34. The highest BCUT2D eigenvalue weighted by atomic mass is 19.4. The Bertz CT molecular complexity index is 1160. The largest absolute Gasteiger partial charge is 0.508 e. The molecule has 2 aromatic rings. The number of halogens is 3. The number of ether oxygens (including phenoxy) is 3. The summed E-state index contributed by atoms with van der Waals surface area (Å²) in [5.74, 6) is -0.321. The van der Waals surface area contributed by atoms with Crippen molar-refractivity contribution in [3.8, 4) is 11.5 Å². The van der Waals surface area contributed by atoms with Gasteiger partial charge in [-0.2, -0.15) is 13.2 Å². The Morgan fingerprint density at radius 3 is 2.48 bits per heavy atom. The van der Waals surface area contributed by atoms with Crippen LogP contribution in [-0.4, -0.2) is 111 Å². The number of aryl methyl sites for hydroxylation is 1. The van der Waals surface area contributed by atoms with E-state index in [1.165, 1.54) is 13.2 Å². The summed E-state index contributed by atoms with van der Waals surface area (Å²) in [4.78, 5) is 20.0. The first-order valence-corrected chi connectivity index (χ1v) is 13.5. The number of phenols is 1. The smallest absolute Gasteiger partial charge is 0.416 e. The van der Waals surface area contributed by atoms with Gasteiger partial charge in [0, 0.05) is 64.5 Å². The number of piperazine rings is 1. The molecule has 2 aliphatic rings. The van der Waals surface area contributed by atoms with Gasteiger partial charge in [-0.1, -0.05) is 12.1 Å². The Hall–Kier alpha value is -2.86. The van der Waals surface area contributed by atoms with Gasteiger partial charge in [0.1, 0.15) is 11.5 Å². The number of carbonyl (C=O) groups is 1. The van der Waals surface area contributed by atoms with Crippen molar-refractivity contribution in [2.75, 3.05) is 73.2 Å². The van der Waals surface area contributed by atoms with Crippen molar-refractivity contribution < 1.29 is 37.3 Å². The molecule has 2 saturated heterocycles. The molecule has 2 aliphatic heterocycles. The summed E-state index contributed by atoms with van der Waals surface area (Å²) < 4.78 is 56.7. The quantitative estimate of drug-likeness (QED) is 0.500. The van der Waals surface area contributed by atoms with Gasteiger partial charge >= 0.3 is 6.18 Å². The molecule has 40 heavy (non-hydrogen) atoms. The van der Waals surface area contributed by atoms with Crippen molar-refractivity contribution in [1.82, 2.24) is 14.7 Å². The fourth-order valence-corrected chi connectivity index (χ4v) is 5.34. The summed E-state index contributed by atoms with van der Waals surface area (Å²) in [7, 11) is 2.94. The molecule has 4 rings (SSSR count). The Kier molecular flexibility index (Phi) is 9.94. The zero-order chi connectivity index (χ0) is 28.9. The van der Waals surface area contributed by atoms with Crippen LogP contribution in [0.15, 0.2) is 36.4 Å². The number of aromatic hydroxyl groups is 1. The van der Waals surface area contributed by atoms with E-state index in [0.29, 0.717) is 39.3 Å². The maximum atomic E-state index is 13.7. The van der Waals surface area contributed by atoms with Crippen LogP contribution in [-0.2, 0) is 22.1 Å². The number of morpholine rings is 1. The molecule has 2 aromatic carbocycles. The molecule has 220 valence electrons. The lowest BCUT2D eigenvalue weighted by molar-refractivity contribution is -0.137. The van der Waals surface area contributed by atoms with Crippen molar-refractivity contribution in [2.45, 2.75) is 31.7 Å². The van der Waals surface area contributed by atoms with E-state index in [0.717, 1.165) is 49.4 Å². The zero-order valence-corrected chi connectivity index (χ0v) is 23.2. The number of amides is 1. The van der Waals surface area contributed by atoms with Crippen molar-refractivity contribution in [1.29, 1.82) is 0 Å². The van der Waals surface area contributed by atoms with Crippen LogP contribution in [0.2, 0.25) is 0 Å². The number of methoxy groups -OCH3 is 2. The van der Waals surface area contributed by atoms with Crippen LogP contribution in [0.5, 0.6) is 11.5 Å². The summed E-state index contributed by atoms with van der Waals surface area (Å²) >= 11 is 0. The SMILES string of the molecule is COC[C@@H]1CN(CCN2CCN(C(=O)c3cc(OC)cc(C(F)(F)F)c3)[C@H](Cc3ccc(C)c(O)c3)C2)CCO1. The number of benzene rings is 2. The van der Waals surface area contributed by atoms with Crippen LogP contribution in [0.4, 0.5) is 13.2 Å². The summed E-state index contributed by atoms with van der Waals surface area (Å²) in [6.45, 7) is 7.77. The third kappa shape index (κ3) is 7.66. The van der Waals surface area contributed by atoms with Gasteiger partial charge in [0.05, 0.1) is 32.0 Å². The first-order valence-electron chi connectivity index (χ1n) is 13.5. The minimum Gasteiger partial charge on any atom is -0.508 e. The van der Waals surface area contributed by atoms with E-state index in [4.69, 9.17) is 14.2 Å². The summed E-state index contributed by atoms with van der Waals surface area (Å²) in [6.07, 6.45) is -4.11. The molecule has 11 heteroatoms. The van der Waals surface area contributed by atoms with Gasteiger partial charge in [-0.05, 0) is 48.7 Å². The van der Waals surface area contributed by atoms with Gasteiger partial charge in [0.25, 0.3) is 5.91 Å². The first kappa shape index (κ1) is 30.1. The number of nitrogens with zero attached hydrogens (tertiary/aromatic N) is 3. The zero-order valence-electron chi connectivity index (χ0n) is 23.2. The average Bonchev–Trinajstić information content (AvgIpc) is 2.93. The van der Waals surface area contributed by atoms with Gasteiger partial charge in [0.2, 0.25) is 0 Å². The van der Waals surface area contributed by atoms with E-state index >= 15 is 0 Å². The van der Waals surface area contributed by atoms with Crippen molar-refractivity contribution in [2.24, 2.45) is 0 Å². The Labute approximate surface area is 233 Å². The van der Waals surface area contributed by atoms with Gasteiger partial charge < -0.3 is 24.2 Å².